The summed E-state index contributed by atoms with van der Waals surface area (Å²) in [5.41, 5.74) is 1.42. The number of benzene rings is 1. The molecule has 1 aromatic heterocycles. The Labute approximate surface area is 98.4 Å². The van der Waals surface area contributed by atoms with Gasteiger partial charge in [-0.2, -0.15) is 0 Å². The van der Waals surface area contributed by atoms with Gasteiger partial charge < -0.3 is 14.5 Å². The van der Waals surface area contributed by atoms with E-state index in [2.05, 4.69) is 15.0 Å². The van der Waals surface area contributed by atoms with Crippen LogP contribution >= 0.6 is 0 Å². The topological polar surface area (TPSA) is 64.4 Å². The van der Waals surface area contributed by atoms with Gasteiger partial charge in [-0.15, -0.1) is 0 Å². The number of methoxy groups -OCH3 is 1. The molecule has 5 nitrogen and oxygen atoms in total. The fraction of sp³-hybridized carbons (Fsp3) is 0.167. The molecule has 0 spiro atoms. The maximum atomic E-state index is 11.2. The number of oxazole rings is 1. The zero-order chi connectivity index (χ0) is 12.1. The van der Waals surface area contributed by atoms with Gasteiger partial charge in [0, 0.05) is 5.69 Å². The lowest BCUT2D eigenvalue weighted by Crippen LogP contribution is -2.02. The molecule has 0 aliphatic heterocycles. The number of nitrogens with zero attached hydrogens (tertiary/aromatic N) is 1. The predicted molar refractivity (Wildman–Crippen MR) is 61.6 cm³/mol. The van der Waals surface area contributed by atoms with Crippen molar-refractivity contribution in [3.63, 3.8) is 0 Å². The van der Waals surface area contributed by atoms with Crippen molar-refractivity contribution in [1.82, 2.24) is 4.98 Å². The van der Waals surface area contributed by atoms with Crippen molar-refractivity contribution in [1.29, 1.82) is 0 Å². The second-order valence-corrected chi connectivity index (χ2v) is 3.39. The summed E-state index contributed by atoms with van der Waals surface area (Å²) in [5, 5.41) is 3.15. The van der Waals surface area contributed by atoms with Crippen molar-refractivity contribution >= 4 is 11.7 Å². The van der Waals surface area contributed by atoms with Gasteiger partial charge in [0.25, 0.3) is 0 Å². The highest BCUT2D eigenvalue weighted by Gasteiger charge is 2.04. The van der Waals surface area contributed by atoms with Gasteiger partial charge in [-0.3, -0.25) is 0 Å². The molecule has 0 unspecified atom stereocenters. The van der Waals surface area contributed by atoms with Crippen LogP contribution in [-0.4, -0.2) is 18.1 Å². The van der Waals surface area contributed by atoms with Crippen molar-refractivity contribution in [2.75, 3.05) is 12.4 Å². The van der Waals surface area contributed by atoms with E-state index in [1.54, 1.807) is 18.3 Å². The number of carbonyl (C=O) groups is 1. The Bertz CT molecular complexity index is 477. The molecule has 0 bridgehead atoms. The zero-order valence-electron chi connectivity index (χ0n) is 9.34. The van der Waals surface area contributed by atoms with Gasteiger partial charge in [0.15, 0.2) is 6.39 Å². The number of carbonyl (C=O) groups excluding carboxylic acids is 1. The average molecular weight is 232 g/mol. The molecule has 17 heavy (non-hydrogen) atoms. The molecule has 5 heteroatoms. The van der Waals surface area contributed by atoms with Gasteiger partial charge in [0.05, 0.1) is 25.4 Å². The van der Waals surface area contributed by atoms with Crippen molar-refractivity contribution in [3.8, 4) is 0 Å². The average Bonchev–Trinajstić information content (AvgIpc) is 2.89. The van der Waals surface area contributed by atoms with Crippen LogP contribution in [0.15, 0.2) is 41.3 Å². The summed E-state index contributed by atoms with van der Waals surface area (Å²) in [6, 6.07) is 7.02. The van der Waals surface area contributed by atoms with Crippen molar-refractivity contribution in [2.24, 2.45) is 0 Å². The van der Waals surface area contributed by atoms with Crippen molar-refractivity contribution in [2.45, 2.75) is 6.54 Å². The third-order valence-corrected chi connectivity index (χ3v) is 2.26. The fourth-order valence-electron chi connectivity index (χ4n) is 1.36. The molecule has 0 radical (unpaired) electrons. The minimum absolute atomic E-state index is 0.341. The maximum Gasteiger partial charge on any atom is 0.337 e. The highest BCUT2D eigenvalue weighted by molar-refractivity contribution is 5.89. The molecule has 1 aromatic carbocycles. The minimum atomic E-state index is -0.341. The van der Waals surface area contributed by atoms with Crippen LogP contribution in [0.5, 0.6) is 0 Å². The first-order valence-corrected chi connectivity index (χ1v) is 5.09. The molecule has 2 aromatic rings. The first-order valence-electron chi connectivity index (χ1n) is 5.09. The van der Waals surface area contributed by atoms with E-state index in [9.17, 15) is 4.79 Å². The second-order valence-electron chi connectivity index (χ2n) is 3.39. The van der Waals surface area contributed by atoms with E-state index in [-0.39, 0.29) is 5.97 Å². The SMILES string of the molecule is COC(=O)c1ccc(NCc2cnco2)cc1. The molecular weight excluding hydrogens is 220 g/mol. The van der Waals surface area contributed by atoms with E-state index in [1.807, 2.05) is 12.1 Å². The van der Waals surface area contributed by atoms with E-state index in [4.69, 9.17) is 4.42 Å². The number of anilines is 1. The van der Waals surface area contributed by atoms with Gasteiger partial charge in [-0.05, 0) is 24.3 Å². The minimum Gasteiger partial charge on any atom is -0.465 e. The van der Waals surface area contributed by atoms with Crippen LogP contribution in [-0.2, 0) is 11.3 Å². The van der Waals surface area contributed by atoms with E-state index in [1.165, 1.54) is 13.5 Å². The van der Waals surface area contributed by atoms with Gasteiger partial charge in [0.1, 0.15) is 5.76 Å². The van der Waals surface area contributed by atoms with E-state index >= 15 is 0 Å². The summed E-state index contributed by atoms with van der Waals surface area (Å²) in [7, 11) is 1.36. The van der Waals surface area contributed by atoms with Crippen molar-refractivity contribution < 1.29 is 13.9 Å². The molecule has 0 aliphatic rings. The largest absolute Gasteiger partial charge is 0.465 e. The van der Waals surface area contributed by atoms with Gasteiger partial charge in [-0.25, -0.2) is 9.78 Å². The molecule has 0 amide bonds. The van der Waals surface area contributed by atoms with Crippen LogP contribution in [0.2, 0.25) is 0 Å². The lowest BCUT2D eigenvalue weighted by molar-refractivity contribution is 0.0601. The lowest BCUT2D eigenvalue weighted by atomic mass is 10.2. The molecule has 0 aliphatic carbocycles. The summed E-state index contributed by atoms with van der Waals surface area (Å²) in [5.74, 6) is 0.411. The second kappa shape index (κ2) is 5.16. The summed E-state index contributed by atoms with van der Waals surface area (Å²) < 4.78 is 9.70. The lowest BCUT2D eigenvalue weighted by Gasteiger charge is -2.04. The summed E-state index contributed by atoms with van der Waals surface area (Å²) in [4.78, 5) is 15.0. The summed E-state index contributed by atoms with van der Waals surface area (Å²) in [6.07, 6.45) is 3.03. The number of ether oxygens (including phenoxy) is 1. The quantitative estimate of drug-likeness (QED) is 0.817. The molecule has 88 valence electrons. The van der Waals surface area contributed by atoms with Crippen LogP contribution in [0, 0.1) is 0 Å². The Hall–Kier alpha value is -2.30. The Morgan fingerprint density at radius 1 is 1.41 bits per heavy atom. The van der Waals surface area contributed by atoms with E-state index in [0.29, 0.717) is 12.1 Å². The molecule has 2 rings (SSSR count). The first kappa shape index (κ1) is 11.2. The Morgan fingerprint density at radius 3 is 2.76 bits per heavy atom. The van der Waals surface area contributed by atoms with Crippen LogP contribution < -0.4 is 5.32 Å². The summed E-state index contributed by atoms with van der Waals surface area (Å²) in [6.45, 7) is 0.553. The normalized spacial score (nSPS) is 9.94. The van der Waals surface area contributed by atoms with Crippen molar-refractivity contribution in [3.05, 3.63) is 48.2 Å². The molecule has 0 atom stereocenters. The number of aromatic nitrogens is 1. The Morgan fingerprint density at radius 2 is 2.18 bits per heavy atom. The maximum absolute atomic E-state index is 11.2. The Balaban J connectivity index is 1.96. The standard InChI is InChI=1S/C12H12N2O3/c1-16-12(15)9-2-4-10(5-3-9)14-7-11-6-13-8-17-11/h2-6,8,14H,7H2,1H3. The van der Waals surface area contributed by atoms with Crippen LogP contribution in [0.4, 0.5) is 5.69 Å². The molecular formula is C12H12N2O3. The molecule has 1 heterocycles. The third-order valence-electron chi connectivity index (χ3n) is 2.26. The highest BCUT2D eigenvalue weighted by Crippen LogP contribution is 2.11. The monoisotopic (exact) mass is 232 g/mol. The molecule has 0 saturated heterocycles. The smallest absolute Gasteiger partial charge is 0.337 e. The van der Waals surface area contributed by atoms with Gasteiger partial charge >= 0.3 is 5.97 Å². The van der Waals surface area contributed by atoms with E-state index < -0.39 is 0 Å². The third kappa shape index (κ3) is 2.84. The number of nitrogens with one attached hydrogen (secondary N) is 1. The molecule has 0 saturated carbocycles. The number of hydrogen-bond donors (Lipinski definition) is 1. The highest BCUT2D eigenvalue weighted by atomic mass is 16.5. The van der Waals surface area contributed by atoms with Crippen LogP contribution in [0.3, 0.4) is 0 Å². The zero-order valence-corrected chi connectivity index (χ0v) is 9.34. The van der Waals surface area contributed by atoms with Gasteiger partial charge in [-0.1, -0.05) is 0 Å². The van der Waals surface area contributed by atoms with Crippen LogP contribution in [0.25, 0.3) is 0 Å². The number of esters is 1. The number of rotatable bonds is 4. The first-order chi connectivity index (χ1) is 8.29. The fourth-order valence-corrected chi connectivity index (χ4v) is 1.36. The summed E-state index contributed by atoms with van der Waals surface area (Å²) >= 11 is 0. The van der Waals surface area contributed by atoms with E-state index in [0.717, 1.165) is 11.4 Å². The predicted octanol–water partition coefficient (Wildman–Crippen LogP) is 2.07. The molecule has 0 fully saturated rings. The molecule has 1 N–H and O–H groups in total. The Kier molecular flexibility index (Phi) is 3.40. The number of hydrogen-bond acceptors (Lipinski definition) is 5. The van der Waals surface area contributed by atoms with Gasteiger partial charge in [0.2, 0.25) is 0 Å². The van der Waals surface area contributed by atoms with Crippen LogP contribution in [0.1, 0.15) is 16.1 Å².